The number of benzene rings is 2. The van der Waals surface area contributed by atoms with Gasteiger partial charge in [-0.2, -0.15) is 5.10 Å². The zero-order valence-corrected chi connectivity index (χ0v) is 17.7. The minimum absolute atomic E-state index is 0.235. The van der Waals surface area contributed by atoms with Crippen LogP contribution in [-0.4, -0.2) is 33.1 Å². The standard InChI is InChI=1S/C25H23N3O3/c1-16-20(18(3)28(27-16)19-9-5-4-6-10-19)13-14-24(30)31-15-23(29)25-17(2)26-22-12-8-7-11-21(22)25/h4-14,26H,15H2,1-3H3/b14-13+. The number of nitrogens with one attached hydrogen (secondary N) is 1. The van der Waals surface area contributed by atoms with Gasteiger partial charge in [-0.1, -0.05) is 36.4 Å². The molecule has 0 bridgehead atoms. The number of aryl methyl sites for hydroxylation is 2. The summed E-state index contributed by atoms with van der Waals surface area (Å²) in [6.07, 6.45) is 3.02. The third kappa shape index (κ3) is 4.05. The average molecular weight is 413 g/mol. The quantitative estimate of drug-likeness (QED) is 0.282. The lowest BCUT2D eigenvalue weighted by Crippen LogP contribution is -2.13. The SMILES string of the molecule is Cc1nn(-c2ccccc2)c(C)c1/C=C/C(=O)OCC(=O)c1c(C)[nH]c2ccccc12. The van der Waals surface area contributed by atoms with Gasteiger partial charge in [-0.15, -0.1) is 0 Å². The van der Waals surface area contributed by atoms with Gasteiger partial charge < -0.3 is 9.72 Å². The molecule has 0 amide bonds. The van der Waals surface area contributed by atoms with E-state index in [1.54, 1.807) is 6.08 Å². The van der Waals surface area contributed by atoms with Gasteiger partial charge in [-0.25, -0.2) is 9.48 Å². The van der Waals surface area contributed by atoms with E-state index >= 15 is 0 Å². The van der Waals surface area contributed by atoms with E-state index in [0.29, 0.717) is 5.56 Å². The number of H-pyrrole nitrogens is 1. The Labute approximate surface area is 180 Å². The lowest BCUT2D eigenvalue weighted by atomic mass is 10.1. The molecule has 0 aliphatic heterocycles. The fourth-order valence-electron chi connectivity index (χ4n) is 3.76. The number of aromatic nitrogens is 3. The molecule has 0 aliphatic carbocycles. The van der Waals surface area contributed by atoms with Crippen LogP contribution in [0.2, 0.25) is 0 Å². The summed E-state index contributed by atoms with van der Waals surface area (Å²) in [5.74, 6) is -0.807. The fourth-order valence-corrected chi connectivity index (χ4v) is 3.76. The van der Waals surface area contributed by atoms with E-state index in [1.165, 1.54) is 6.08 Å². The molecule has 0 aliphatic rings. The van der Waals surface area contributed by atoms with E-state index in [-0.39, 0.29) is 12.4 Å². The number of hydrogen-bond donors (Lipinski definition) is 1. The molecular weight excluding hydrogens is 390 g/mol. The smallest absolute Gasteiger partial charge is 0.331 e. The summed E-state index contributed by atoms with van der Waals surface area (Å²) in [5.41, 5.74) is 5.72. The first-order valence-electron chi connectivity index (χ1n) is 10.0. The number of carbonyl (C=O) groups excluding carboxylic acids is 2. The van der Waals surface area contributed by atoms with Gasteiger partial charge in [0.05, 0.1) is 11.4 Å². The molecule has 6 nitrogen and oxygen atoms in total. The van der Waals surface area contributed by atoms with Gasteiger partial charge >= 0.3 is 5.97 Å². The molecule has 6 heteroatoms. The molecule has 2 aromatic carbocycles. The minimum atomic E-state index is -0.572. The largest absolute Gasteiger partial charge is 0.454 e. The summed E-state index contributed by atoms with van der Waals surface area (Å²) in [6, 6.07) is 17.4. The third-order valence-corrected chi connectivity index (χ3v) is 5.25. The van der Waals surface area contributed by atoms with E-state index in [4.69, 9.17) is 4.74 Å². The van der Waals surface area contributed by atoms with Crippen molar-refractivity contribution in [3.63, 3.8) is 0 Å². The number of ketones is 1. The highest BCUT2D eigenvalue weighted by Crippen LogP contribution is 2.22. The van der Waals surface area contributed by atoms with E-state index < -0.39 is 5.97 Å². The highest BCUT2D eigenvalue weighted by atomic mass is 16.5. The van der Waals surface area contributed by atoms with Gasteiger partial charge in [0.2, 0.25) is 5.78 Å². The Morgan fingerprint density at radius 3 is 2.52 bits per heavy atom. The lowest BCUT2D eigenvalue weighted by Gasteiger charge is -2.04. The molecule has 0 atom stereocenters. The van der Waals surface area contributed by atoms with Crippen molar-refractivity contribution in [2.24, 2.45) is 0 Å². The topological polar surface area (TPSA) is 77.0 Å². The van der Waals surface area contributed by atoms with Gasteiger partial charge in [-0.3, -0.25) is 4.79 Å². The average Bonchev–Trinajstić information content (AvgIpc) is 3.26. The van der Waals surface area contributed by atoms with Gasteiger partial charge in [0, 0.05) is 39.5 Å². The van der Waals surface area contributed by atoms with Crippen molar-refractivity contribution in [3.05, 3.63) is 88.9 Å². The molecule has 2 heterocycles. The van der Waals surface area contributed by atoms with E-state index in [0.717, 1.165) is 39.2 Å². The second-order valence-electron chi connectivity index (χ2n) is 7.37. The van der Waals surface area contributed by atoms with Crippen LogP contribution in [0.5, 0.6) is 0 Å². The summed E-state index contributed by atoms with van der Waals surface area (Å²) < 4.78 is 7.05. The van der Waals surface area contributed by atoms with E-state index in [2.05, 4.69) is 10.1 Å². The van der Waals surface area contributed by atoms with Crippen molar-refractivity contribution < 1.29 is 14.3 Å². The predicted molar refractivity (Wildman–Crippen MR) is 120 cm³/mol. The van der Waals surface area contributed by atoms with Crippen LogP contribution in [0.25, 0.3) is 22.7 Å². The number of para-hydroxylation sites is 2. The molecule has 0 unspecified atom stereocenters. The summed E-state index contributed by atoms with van der Waals surface area (Å²) in [6.45, 7) is 5.36. The molecule has 156 valence electrons. The fraction of sp³-hybridized carbons (Fsp3) is 0.160. The van der Waals surface area contributed by atoms with Crippen LogP contribution >= 0.6 is 0 Å². The number of fused-ring (bicyclic) bond motifs is 1. The predicted octanol–water partition coefficient (Wildman–Crippen LogP) is 4.72. The molecule has 31 heavy (non-hydrogen) atoms. The maximum Gasteiger partial charge on any atom is 0.331 e. The molecule has 4 rings (SSSR count). The van der Waals surface area contributed by atoms with Crippen LogP contribution < -0.4 is 0 Å². The first-order valence-corrected chi connectivity index (χ1v) is 10.0. The number of hydrogen-bond acceptors (Lipinski definition) is 4. The van der Waals surface area contributed by atoms with Crippen LogP contribution in [0, 0.1) is 20.8 Å². The number of ether oxygens (including phenoxy) is 1. The maximum atomic E-state index is 12.7. The van der Waals surface area contributed by atoms with Crippen molar-refractivity contribution in [2.75, 3.05) is 6.61 Å². The Balaban J connectivity index is 1.45. The first-order chi connectivity index (χ1) is 15.0. The van der Waals surface area contributed by atoms with Crippen LogP contribution in [0.15, 0.2) is 60.7 Å². The normalized spacial score (nSPS) is 11.3. The highest BCUT2D eigenvalue weighted by molar-refractivity contribution is 6.10. The lowest BCUT2D eigenvalue weighted by molar-refractivity contribution is -0.136. The van der Waals surface area contributed by atoms with Gasteiger partial charge in [0.15, 0.2) is 6.61 Å². The molecule has 1 N–H and O–H groups in total. The van der Waals surface area contributed by atoms with Crippen molar-refractivity contribution in [1.82, 2.24) is 14.8 Å². The monoisotopic (exact) mass is 413 g/mol. The van der Waals surface area contributed by atoms with Crippen LogP contribution in [0.3, 0.4) is 0 Å². The number of nitrogens with zero attached hydrogens (tertiary/aromatic N) is 2. The molecule has 0 saturated carbocycles. The number of carbonyl (C=O) groups is 2. The highest BCUT2D eigenvalue weighted by Gasteiger charge is 2.17. The van der Waals surface area contributed by atoms with Crippen LogP contribution in [0.1, 0.15) is 33.0 Å². The molecular formula is C25H23N3O3. The van der Waals surface area contributed by atoms with Crippen molar-refractivity contribution in [1.29, 1.82) is 0 Å². The summed E-state index contributed by atoms with van der Waals surface area (Å²) in [4.78, 5) is 28.1. The first kappa shape index (κ1) is 20.3. The van der Waals surface area contributed by atoms with E-state index in [9.17, 15) is 9.59 Å². The Morgan fingerprint density at radius 1 is 1.03 bits per heavy atom. The second-order valence-corrected chi connectivity index (χ2v) is 7.37. The molecule has 0 saturated heterocycles. The Kier molecular flexibility index (Phi) is 5.54. The van der Waals surface area contributed by atoms with Gasteiger partial charge in [-0.05, 0) is 45.0 Å². The van der Waals surface area contributed by atoms with Crippen LogP contribution in [0.4, 0.5) is 0 Å². The molecule has 0 radical (unpaired) electrons. The van der Waals surface area contributed by atoms with Crippen molar-refractivity contribution in [3.8, 4) is 5.69 Å². The molecule has 2 aromatic heterocycles. The second kappa shape index (κ2) is 8.44. The summed E-state index contributed by atoms with van der Waals surface area (Å²) in [7, 11) is 0. The van der Waals surface area contributed by atoms with E-state index in [1.807, 2.05) is 80.1 Å². The van der Waals surface area contributed by atoms with Crippen molar-refractivity contribution in [2.45, 2.75) is 20.8 Å². The van der Waals surface area contributed by atoms with Crippen LogP contribution in [-0.2, 0) is 9.53 Å². The number of esters is 1. The number of aromatic amines is 1. The zero-order valence-electron chi connectivity index (χ0n) is 17.7. The molecule has 0 fully saturated rings. The summed E-state index contributed by atoms with van der Waals surface area (Å²) >= 11 is 0. The van der Waals surface area contributed by atoms with Crippen molar-refractivity contribution >= 4 is 28.7 Å². The minimum Gasteiger partial charge on any atom is -0.454 e. The molecule has 4 aromatic rings. The summed E-state index contributed by atoms with van der Waals surface area (Å²) in [5, 5.41) is 5.39. The third-order valence-electron chi connectivity index (χ3n) is 5.25. The van der Waals surface area contributed by atoms with Gasteiger partial charge in [0.1, 0.15) is 0 Å². The number of Topliss-reactive ketones (excluding diaryl/α,β-unsaturated/α-hetero) is 1. The Morgan fingerprint density at radius 2 is 1.74 bits per heavy atom. The maximum absolute atomic E-state index is 12.7. The zero-order chi connectivity index (χ0) is 22.0. The molecule has 0 spiro atoms. The Bertz CT molecular complexity index is 1300. The van der Waals surface area contributed by atoms with Gasteiger partial charge in [0.25, 0.3) is 0 Å². The Hall–Kier alpha value is -3.93. The number of rotatable bonds is 6.